The van der Waals surface area contributed by atoms with Gasteiger partial charge < -0.3 is 15.3 Å². The van der Waals surface area contributed by atoms with Crippen molar-refractivity contribution in [2.45, 2.75) is 39.3 Å². The van der Waals surface area contributed by atoms with Crippen molar-refractivity contribution in [1.29, 1.82) is 5.26 Å². The Labute approximate surface area is 203 Å². The van der Waals surface area contributed by atoms with E-state index < -0.39 is 5.60 Å². The molecule has 2 amide bonds. The number of aryl methyl sites for hydroxylation is 2. The molecule has 9 heteroatoms. The Morgan fingerprint density at radius 3 is 2.65 bits per heavy atom. The standard InChI is InChI=1S/C25H28N6O2S/c1-15-10-19(11-16(2)28-15)22-21(18-7-5-6-17(12-18)13-26)29-23(34-22)30-24(32)31-9-8-27-20(14-31)25(3,4)33/h5-7,10-12,20,27,33H,8-9,14H2,1-4H3,(H,29,30,32). The van der Waals surface area contributed by atoms with Gasteiger partial charge in [-0.2, -0.15) is 5.26 Å². The molecule has 3 aromatic rings. The number of aliphatic hydroxyl groups is 1. The Hall–Kier alpha value is -3.32. The molecular weight excluding hydrogens is 448 g/mol. The number of nitrogens with zero attached hydrogens (tertiary/aromatic N) is 4. The molecule has 3 heterocycles. The summed E-state index contributed by atoms with van der Waals surface area (Å²) in [7, 11) is 0. The Bertz CT molecular complexity index is 1240. The van der Waals surface area contributed by atoms with Crippen molar-refractivity contribution >= 4 is 22.5 Å². The molecule has 1 aliphatic rings. The highest BCUT2D eigenvalue weighted by Gasteiger charge is 2.33. The lowest BCUT2D eigenvalue weighted by Crippen LogP contribution is -2.60. The van der Waals surface area contributed by atoms with Gasteiger partial charge in [0.05, 0.1) is 33.8 Å². The number of pyridine rings is 1. The van der Waals surface area contributed by atoms with Gasteiger partial charge in [-0.05, 0) is 57.5 Å². The number of hydrogen-bond donors (Lipinski definition) is 3. The van der Waals surface area contributed by atoms with Crippen LogP contribution in [0.2, 0.25) is 0 Å². The third-order valence-electron chi connectivity index (χ3n) is 5.77. The van der Waals surface area contributed by atoms with Gasteiger partial charge in [-0.25, -0.2) is 9.78 Å². The number of thiazole rings is 1. The molecule has 1 saturated heterocycles. The van der Waals surface area contributed by atoms with Gasteiger partial charge in [0.15, 0.2) is 5.13 Å². The van der Waals surface area contributed by atoms with E-state index in [4.69, 9.17) is 4.98 Å². The van der Waals surface area contributed by atoms with Crippen LogP contribution >= 0.6 is 11.3 Å². The molecule has 2 aromatic heterocycles. The van der Waals surface area contributed by atoms with Crippen LogP contribution in [0.4, 0.5) is 9.93 Å². The first-order valence-corrected chi connectivity index (χ1v) is 11.9. The number of piperazine rings is 1. The highest BCUT2D eigenvalue weighted by Crippen LogP contribution is 2.39. The van der Waals surface area contributed by atoms with Gasteiger partial charge in [0.2, 0.25) is 0 Å². The average molecular weight is 477 g/mol. The molecule has 0 spiro atoms. The zero-order chi connectivity index (χ0) is 24.5. The number of rotatable bonds is 4. The predicted octanol–water partition coefficient (Wildman–Crippen LogP) is 3.94. The molecule has 1 unspecified atom stereocenters. The van der Waals surface area contributed by atoms with Gasteiger partial charge >= 0.3 is 6.03 Å². The van der Waals surface area contributed by atoms with Crippen LogP contribution in [0.5, 0.6) is 0 Å². The van der Waals surface area contributed by atoms with Crippen LogP contribution < -0.4 is 10.6 Å². The third kappa shape index (κ3) is 5.25. The Balaban J connectivity index is 1.68. The molecule has 0 saturated carbocycles. The van der Waals surface area contributed by atoms with Crippen LogP contribution in [0.15, 0.2) is 36.4 Å². The fourth-order valence-corrected chi connectivity index (χ4v) is 5.01. The number of benzene rings is 1. The first-order chi connectivity index (χ1) is 16.1. The molecule has 0 aliphatic carbocycles. The summed E-state index contributed by atoms with van der Waals surface area (Å²) in [6, 6.07) is 13.0. The van der Waals surface area contributed by atoms with E-state index in [9.17, 15) is 15.2 Å². The summed E-state index contributed by atoms with van der Waals surface area (Å²) < 4.78 is 0. The monoisotopic (exact) mass is 476 g/mol. The quantitative estimate of drug-likeness (QED) is 0.526. The van der Waals surface area contributed by atoms with E-state index in [0.717, 1.165) is 27.4 Å². The molecule has 1 atom stereocenters. The first-order valence-electron chi connectivity index (χ1n) is 11.1. The maximum Gasteiger partial charge on any atom is 0.323 e. The lowest BCUT2D eigenvalue weighted by atomic mass is 9.97. The highest BCUT2D eigenvalue weighted by atomic mass is 32.1. The minimum Gasteiger partial charge on any atom is -0.389 e. The summed E-state index contributed by atoms with van der Waals surface area (Å²) in [6.45, 7) is 8.90. The van der Waals surface area contributed by atoms with Crippen molar-refractivity contribution in [2.75, 3.05) is 25.0 Å². The van der Waals surface area contributed by atoms with Crippen molar-refractivity contribution in [2.24, 2.45) is 0 Å². The number of anilines is 1. The smallest absolute Gasteiger partial charge is 0.323 e. The van der Waals surface area contributed by atoms with Crippen molar-refractivity contribution < 1.29 is 9.90 Å². The van der Waals surface area contributed by atoms with E-state index in [1.165, 1.54) is 11.3 Å². The van der Waals surface area contributed by atoms with Gasteiger partial charge in [0, 0.05) is 36.6 Å². The minimum absolute atomic E-state index is 0.217. The summed E-state index contributed by atoms with van der Waals surface area (Å²) >= 11 is 1.39. The van der Waals surface area contributed by atoms with Crippen LogP contribution in [-0.4, -0.2) is 57.3 Å². The molecular formula is C25H28N6O2S. The van der Waals surface area contributed by atoms with E-state index in [0.29, 0.717) is 36.0 Å². The molecule has 3 N–H and O–H groups in total. The molecule has 34 heavy (non-hydrogen) atoms. The van der Waals surface area contributed by atoms with Crippen molar-refractivity contribution in [3.63, 3.8) is 0 Å². The van der Waals surface area contributed by atoms with E-state index >= 15 is 0 Å². The number of amides is 2. The lowest BCUT2D eigenvalue weighted by molar-refractivity contribution is 0.0174. The topological polar surface area (TPSA) is 114 Å². The van der Waals surface area contributed by atoms with Crippen molar-refractivity contribution in [1.82, 2.24) is 20.2 Å². The molecule has 0 bridgehead atoms. The second-order valence-electron chi connectivity index (χ2n) is 9.06. The normalized spacial score (nSPS) is 16.2. The summed E-state index contributed by atoms with van der Waals surface area (Å²) in [5, 5.41) is 26.4. The third-order valence-corrected chi connectivity index (χ3v) is 6.79. The highest BCUT2D eigenvalue weighted by molar-refractivity contribution is 7.19. The Morgan fingerprint density at radius 1 is 1.24 bits per heavy atom. The maximum atomic E-state index is 13.1. The van der Waals surface area contributed by atoms with E-state index in [1.807, 2.05) is 38.1 Å². The van der Waals surface area contributed by atoms with Crippen LogP contribution in [0.25, 0.3) is 21.7 Å². The second-order valence-corrected chi connectivity index (χ2v) is 10.1. The van der Waals surface area contributed by atoms with Crippen LogP contribution in [-0.2, 0) is 0 Å². The summed E-state index contributed by atoms with van der Waals surface area (Å²) in [5.41, 5.74) is 3.86. The number of nitrogens with one attached hydrogen (secondary N) is 2. The molecule has 1 aromatic carbocycles. The number of hydrogen-bond acceptors (Lipinski definition) is 7. The molecule has 176 valence electrons. The maximum absolute atomic E-state index is 13.1. The second kappa shape index (κ2) is 9.50. The summed E-state index contributed by atoms with van der Waals surface area (Å²) in [6.07, 6.45) is 0. The lowest BCUT2D eigenvalue weighted by Gasteiger charge is -2.39. The predicted molar refractivity (Wildman–Crippen MR) is 134 cm³/mol. The largest absolute Gasteiger partial charge is 0.389 e. The van der Waals surface area contributed by atoms with Gasteiger partial charge in [0.1, 0.15) is 0 Å². The molecule has 1 aliphatic heterocycles. The van der Waals surface area contributed by atoms with Gasteiger partial charge in [0.25, 0.3) is 0 Å². The SMILES string of the molecule is Cc1cc(-c2sc(NC(=O)N3CCNC(C(C)(C)O)C3)nc2-c2cccc(C#N)c2)cc(C)n1. The molecule has 4 rings (SSSR count). The zero-order valence-corrected chi connectivity index (χ0v) is 20.5. The van der Waals surface area contributed by atoms with E-state index in [-0.39, 0.29) is 12.1 Å². The van der Waals surface area contributed by atoms with E-state index in [1.54, 1.807) is 30.9 Å². The number of aromatic nitrogens is 2. The number of carbonyl (C=O) groups excluding carboxylic acids is 1. The van der Waals surface area contributed by atoms with Crippen LogP contribution in [0, 0.1) is 25.2 Å². The fraction of sp³-hybridized carbons (Fsp3) is 0.360. The van der Waals surface area contributed by atoms with Crippen LogP contribution in [0.3, 0.4) is 0 Å². The molecule has 1 fully saturated rings. The fourth-order valence-electron chi connectivity index (χ4n) is 4.04. The van der Waals surface area contributed by atoms with Crippen molar-refractivity contribution in [3.8, 4) is 27.8 Å². The number of urea groups is 1. The van der Waals surface area contributed by atoms with Gasteiger partial charge in [-0.3, -0.25) is 10.3 Å². The van der Waals surface area contributed by atoms with Gasteiger partial charge in [-0.1, -0.05) is 23.5 Å². The van der Waals surface area contributed by atoms with E-state index in [2.05, 4.69) is 21.7 Å². The summed E-state index contributed by atoms with van der Waals surface area (Å²) in [4.78, 5) is 24.9. The number of carbonyl (C=O) groups is 1. The Morgan fingerprint density at radius 2 is 1.97 bits per heavy atom. The minimum atomic E-state index is -0.941. The zero-order valence-electron chi connectivity index (χ0n) is 19.7. The first kappa shape index (κ1) is 23.8. The summed E-state index contributed by atoms with van der Waals surface area (Å²) in [5.74, 6) is 0. The number of nitriles is 1. The van der Waals surface area contributed by atoms with Gasteiger partial charge in [-0.15, -0.1) is 0 Å². The molecule has 0 radical (unpaired) electrons. The Kier molecular flexibility index (Phi) is 6.66. The molecule has 8 nitrogen and oxygen atoms in total. The van der Waals surface area contributed by atoms with Crippen molar-refractivity contribution in [3.05, 3.63) is 53.3 Å². The van der Waals surface area contributed by atoms with Crippen LogP contribution in [0.1, 0.15) is 30.8 Å². The average Bonchev–Trinajstić information content (AvgIpc) is 3.22.